The van der Waals surface area contributed by atoms with Crippen LogP contribution in [0, 0.1) is 13.8 Å². The molecule has 5 nitrogen and oxygen atoms in total. The van der Waals surface area contributed by atoms with Crippen molar-refractivity contribution in [1.29, 1.82) is 0 Å². The Morgan fingerprint density at radius 1 is 1.17 bits per heavy atom. The number of benzene rings is 1. The minimum absolute atomic E-state index is 0.0417. The number of carbonyl (C=O) groups is 1. The van der Waals surface area contributed by atoms with Crippen molar-refractivity contribution in [2.75, 3.05) is 37.7 Å². The van der Waals surface area contributed by atoms with E-state index in [0.717, 1.165) is 29.7 Å². The van der Waals surface area contributed by atoms with Gasteiger partial charge in [-0.2, -0.15) is 0 Å². The van der Waals surface area contributed by atoms with Gasteiger partial charge in [-0.3, -0.25) is 4.79 Å². The molecule has 0 saturated carbocycles. The van der Waals surface area contributed by atoms with Gasteiger partial charge in [0.05, 0.1) is 5.69 Å². The summed E-state index contributed by atoms with van der Waals surface area (Å²) < 4.78 is 5.54. The number of anilines is 1. The lowest BCUT2D eigenvalue weighted by atomic mass is 10.3. The zero-order valence-electron chi connectivity index (χ0n) is 13.5. The molecule has 0 unspecified atom stereocenters. The zero-order valence-corrected chi connectivity index (χ0v) is 14.3. The van der Waals surface area contributed by atoms with Gasteiger partial charge in [0.15, 0.2) is 11.7 Å². The van der Waals surface area contributed by atoms with E-state index < -0.39 is 0 Å². The molecule has 3 rings (SSSR count). The molecule has 122 valence electrons. The van der Waals surface area contributed by atoms with E-state index in [1.54, 1.807) is 11.3 Å². The van der Waals surface area contributed by atoms with Gasteiger partial charge in [-0.1, -0.05) is 18.2 Å². The number of aryl methyl sites for hydroxylation is 2. The third-order valence-corrected chi connectivity index (χ3v) is 5.16. The first kappa shape index (κ1) is 15.8. The van der Waals surface area contributed by atoms with E-state index in [2.05, 4.69) is 16.8 Å². The number of nitrogens with zero attached hydrogens (tertiary/aromatic N) is 3. The van der Waals surface area contributed by atoms with Crippen LogP contribution in [-0.2, 0) is 4.79 Å². The van der Waals surface area contributed by atoms with Crippen molar-refractivity contribution in [3.05, 3.63) is 40.9 Å². The summed E-state index contributed by atoms with van der Waals surface area (Å²) in [6.07, 6.45) is 0. The molecule has 1 aliphatic rings. The number of hydrogen-bond acceptors (Lipinski definition) is 5. The molecule has 1 aromatic heterocycles. The standard InChI is InChI=1S/C17H21N3O2S/c1-13-14(2)23-17(18-13)20-10-8-19(9-11-20)16(21)12-22-15-6-4-3-5-7-15/h3-7H,8-12H2,1-2H3. The number of ether oxygens (including phenoxy) is 1. The molecular weight excluding hydrogens is 310 g/mol. The van der Waals surface area contributed by atoms with Crippen molar-refractivity contribution < 1.29 is 9.53 Å². The average Bonchev–Trinajstić information content (AvgIpc) is 2.93. The van der Waals surface area contributed by atoms with Crippen molar-refractivity contribution in [1.82, 2.24) is 9.88 Å². The summed E-state index contributed by atoms with van der Waals surface area (Å²) in [5, 5.41) is 1.06. The summed E-state index contributed by atoms with van der Waals surface area (Å²) >= 11 is 1.72. The van der Waals surface area contributed by atoms with Gasteiger partial charge in [0.25, 0.3) is 5.91 Å². The highest BCUT2D eigenvalue weighted by Crippen LogP contribution is 2.25. The first-order chi connectivity index (χ1) is 11.1. The molecule has 2 aromatic rings. The molecule has 1 aromatic carbocycles. The third kappa shape index (κ3) is 3.82. The topological polar surface area (TPSA) is 45.7 Å². The number of amides is 1. The van der Waals surface area contributed by atoms with E-state index in [9.17, 15) is 4.79 Å². The van der Waals surface area contributed by atoms with Gasteiger partial charge in [0.1, 0.15) is 5.75 Å². The molecule has 0 aliphatic carbocycles. The van der Waals surface area contributed by atoms with Crippen LogP contribution in [0.1, 0.15) is 10.6 Å². The van der Waals surface area contributed by atoms with Gasteiger partial charge < -0.3 is 14.5 Å². The lowest BCUT2D eigenvalue weighted by molar-refractivity contribution is -0.133. The average molecular weight is 331 g/mol. The van der Waals surface area contributed by atoms with E-state index in [4.69, 9.17) is 4.74 Å². The Balaban J connectivity index is 1.49. The maximum Gasteiger partial charge on any atom is 0.260 e. The number of thiazole rings is 1. The minimum Gasteiger partial charge on any atom is -0.484 e. The molecule has 23 heavy (non-hydrogen) atoms. The van der Waals surface area contributed by atoms with E-state index >= 15 is 0 Å². The summed E-state index contributed by atoms with van der Waals surface area (Å²) in [7, 11) is 0. The predicted molar refractivity (Wildman–Crippen MR) is 92.3 cm³/mol. The van der Waals surface area contributed by atoms with Crippen LogP contribution in [0.3, 0.4) is 0 Å². The van der Waals surface area contributed by atoms with Crippen molar-refractivity contribution in [3.8, 4) is 5.75 Å². The summed E-state index contributed by atoms with van der Waals surface area (Å²) in [4.78, 5) is 22.2. The highest BCUT2D eigenvalue weighted by Gasteiger charge is 2.23. The molecule has 0 atom stereocenters. The first-order valence-electron chi connectivity index (χ1n) is 7.78. The van der Waals surface area contributed by atoms with Crippen LogP contribution in [0.25, 0.3) is 0 Å². The van der Waals surface area contributed by atoms with Gasteiger partial charge in [0.2, 0.25) is 0 Å². The number of carbonyl (C=O) groups excluding carboxylic acids is 1. The highest BCUT2D eigenvalue weighted by atomic mass is 32.1. The lowest BCUT2D eigenvalue weighted by Crippen LogP contribution is -2.50. The second-order valence-electron chi connectivity index (χ2n) is 5.61. The molecule has 1 fully saturated rings. The highest BCUT2D eigenvalue weighted by molar-refractivity contribution is 7.15. The van der Waals surface area contributed by atoms with Crippen LogP contribution in [-0.4, -0.2) is 48.6 Å². The van der Waals surface area contributed by atoms with Crippen LogP contribution in [0.5, 0.6) is 5.75 Å². The predicted octanol–water partition coefficient (Wildman–Crippen LogP) is 2.49. The minimum atomic E-state index is 0.0417. The second-order valence-corrected chi connectivity index (χ2v) is 6.79. The normalized spacial score (nSPS) is 14.9. The fourth-order valence-corrected chi connectivity index (χ4v) is 3.45. The Hall–Kier alpha value is -2.08. The number of rotatable bonds is 4. The van der Waals surface area contributed by atoms with Crippen LogP contribution in [0.4, 0.5) is 5.13 Å². The summed E-state index contributed by atoms with van der Waals surface area (Å²) in [5.74, 6) is 0.772. The van der Waals surface area contributed by atoms with E-state index in [0.29, 0.717) is 13.1 Å². The molecular formula is C17H21N3O2S. The van der Waals surface area contributed by atoms with E-state index in [-0.39, 0.29) is 12.5 Å². The van der Waals surface area contributed by atoms with Crippen LogP contribution in [0.2, 0.25) is 0 Å². The van der Waals surface area contributed by atoms with Crippen molar-refractivity contribution in [2.45, 2.75) is 13.8 Å². The fraction of sp³-hybridized carbons (Fsp3) is 0.412. The molecule has 0 spiro atoms. The Kier molecular flexibility index (Phi) is 4.81. The Bertz CT molecular complexity index is 644. The monoisotopic (exact) mass is 331 g/mol. The first-order valence-corrected chi connectivity index (χ1v) is 8.60. The SMILES string of the molecule is Cc1nc(N2CCN(C(=O)COc3ccccc3)CC2)sc1C. The van der Waals surface area contributed by atoms with Gasteiger partial charge in [-0.25, -0.2) is 4.98 Å². The molecule has 6 heteroatoms. The van der Waals surface area contributed by atoms with E-state index in [1.807, 2.05) is 42.2 Å². The van der Waals surface area contributed by atoms with Gasteiger partial charge in [-0.05, 0) is 26.0 Å². The summed E-state index contributed by atoms with van der Waals surface area (Å²) in [6.45, 7) is 7.31. The van der Waals surface area contributed by atoms with Gasteiger partial charge in [-0.15, -0.1) is 11.3 Å². The second kappa shape index (κ2) is 7.00. The van der Waals surface area contributed by atoms with Gasteiger partial charge >= 0.3 is 0 Å². The Labute approximate surface area is 140 Å². The van der Waals surface area contributed by atoms with Crippen molar-refractivity contribution in [2.24, 2.45) is 0 Å². The quantitative estimate of drug-likeness (QED) is 0.863. The van der Waals surface area contributed by atoms with Crippen LogP contribution >= 0.6 is 11.3 Å². The van der Waals surface area contributed by atoms with Gasteiger partial charge in [0, 0.05) is 31.1 Å². The van der Waals surface area contributed by atoms with Crippen molar-refractivity contribution in [3.63, 3.8) is 0 Å². The number of para-hydroxylation sites is 1. The molecule has 0 bridgehead atoms. The molecule has 0 radical (unpaired) electrons. The molecule has 1 amide bonds. The van der Waals surface area contributed by atoms with Crippen molar-refractivity contribution >= 4 is 22.4 Å². The number of aromatic nitrogens is 1. The molecule has 1 saturated heterocycles. The smallest absolute Gasteiger partial charge is 0.260 e. The Morgan fingerprint density at radius 2 is 1.87 bits per heavy atom. The fourth-order valence-electron chi connectivity index (χ4n) is 2.49. The maximum atomic E-state index is 12.2. The summed E-state index contributed by atoms with van der Waals surface area (Å²) in [5.41, 5.74) is 1.10. The Morgan fingerprint density at radius 3 is 2.48 bits per heavy atom. The largest absolute Gasteiger partial charge is 0.484 e. The summed E-state index contributed by atoms with van der Waals surface area (Å²) in [6, 6.07) is 9.44. The molecule has 1 aliphatic heterocycles. The number of piperazine rings is 1. The maximum absolute atomic E-state index is 12.2. The zero-order chi connectivity index (χ0) is 16.2. The van der Waals surface area contributed by atoms with Crippen LogP contribution < -0.4 is 9.64 Å². The molecule has 2 heterocycles. The van der Waals surface area contributed by atoms with E-state index in [1.165, 1.54) is 4.88 Å². The number of hydrogen-bond donors (Lipinski definition) is 0. The third-order valence-electron chi connectivity index (χ3n) is 4.03. The van der Waals surface area contributed by atoms with Crippen LogP contribution in [0.15, 0.2) is 30.3 Å². The molecule has 0 N–H and O–H groups in total. The lowest BCUT2D eigenvalue weighted by Gasteiger charge is -2.34.